The van der Waals surface area contributed by atoms with E-state index in [1.807, 2.05) is 24.3 Å². The van der Waals surface area contributed by atoms with Gasteiger partial charge in [0.05, 0.1) is 6.54 Å². The minimum atomic E-state index is 0.231. The average Bonchev–Trinajstić information content (AvgIpc) is 3.10. The van der Waals surface area contributed by atoms with Gasteiger partial charge in [-0.3, -0.25) is 0 Å². The minimum absolute atomic E-state index is 0.231. The Hall–Kier alpha value is -1.66. The zero-order valence-electron chi connectivity index (χ0n) is 16.1. The van der Waals surface area contributed by atoms with Crippen molar-refractivity contribution in [3.63, 3.8) is 0 Å². The summed E-state index contributed by atoms with van der Waals surface area (Å²) >= 11 is 11.6. The quantitative estimate of drug-likeness (QED) is 0.701. The molecule has 27 heavy (non-hydrogen) atoms. The predicted octanol–water partition coefficient (Wildman–Crippen LogP) is 5.05. The molecule has 0 amide bonds. The maximum Gasteiger partial charge on any atom is 0.247 e. The van der Waals surface area contributed by atoms with Gasteiger partial charge in [-0.05, 0) is 69.1 Å². The Labute approximate surface area is 171 Å². The van der Waals surface area contributed by atoms with Crippen LogP contribution in [-0.4, -0.2) is 32.3 Å². The maximum atomic E-state index is 5.94. The van der Waals surface area contributed by atoms with Crippen molar-refractivity contribution in [3.8, 4) is 11.5 Å². The van der Waals surface area contributed by atoms with Gasteiger partial charge in [-0.15, -0.1) is 10.2 Å². The van der Waals surface area contributed by atoms with Gasteiger partial charge in [-0.1, -0.05) is 31.4 Å². The van der Waals surface area contributed by atoms with Gasteiger partial charge >= 0.3 is 0 Å². The summed E-state index contributed by atoms with van der Waals surface area (Å²) in [6, 6.07) is 8.04. The van der Waals surface area contributed by atoms with Crippen LogP contribution in [0.5, 0.6) is 0 Å². The first-order valence-electron chi connectivity index (χ1n) is 9.59. The number of nitrogens with zero attached hydrogens (tertiary/aromatic N) is 3. The van der Waals surface area contributed by atoms with Gasteiger partial charge in [0.1, 0.15) is 0 Å². The van der Waals surface area contributed by atoms with E-state index < -0.39 is 0 Å². The summed E-state index contributed by atoms with van der Waals surface area (Å²) < 4.78 is 5.86. The summed E-state index contributed by atoms with van der Waals surface area (Å²) in [5.74, 6) is 1.69. The molecular formula is C20H27ClN4OS. The van der Waals surface area contributed by atoms with Crippen LogP contribution in [-0.2, 0) is 6.54 Å². The lowest BCUT2D eigenvalue weighted by molar-refractivity contribution is 0.270. The predicted molar refractivity (Wildman–Crippen MR) is 113 cm³/mol. The van der Waals surface area contributed by atoms with Crippen LogP contribution in [0, 0.1) is 5.92 Å². The minimum Gasteiger partial charge on any atom is -0.419 e. The van der Waals surface area contributed by atoms with E-state index in [1.165, 1.54) is 25.7 Å². The molecule has 3 rings (SSSR count). The molecule has 0 saturated heterocycles. The second-order valence-electron chi connectivity index (χ2n) is 7.55. The number of halogens is 1. The molecule has 1 fully saturated rings. The highest BCUT2D eigenvalue weighted by atomic mass is 35.5. The van der Waals surface area contributed by atoms with E-state index in [2.05, 4.69) is 41.2 Å². The summed E-state index contributed by atoms with van der Waals surface area (Å²) in [7, 11) is 0. The van der Waals surface area contributed by atoms with E-state index in [1.54, 1.807) is 0 Å². The van der Waals surface area contributed by atoms with Gasteiger partial charge in [0.25, 0.3) is 0 Å². The molecule has 0 bridgehead atoms. The average molecular weight is 407 g/mol. The van der Waals surface area contributed by atoms with Crippen LogP contribution in [0.15, 0.2) is 28.7 Å². The highest BCUT2D eigenvalue weighted by Crippen LogP contribution is 2.25. The lowest BCUT2D eigenvalue weighted by Gasteiger charge is -2.35. The summed E-state index contributed by atoms with van der Waals surface area (Å²) in [5, 5.41) is 13.4. The topological polar surface area (TPSA) is 54.2 Å². The monoisotopic (exact) mass is 406 g/mol. The van der Waals surface area contributed by atoms with Gasteiger partial charge in [0.15, 0.2) is 5.11 Å². The van der Waals surface area contributed by atoms with E-state index >= 15 is 0 Å². The lowest BCUT2D eigenvalue weighted by Crippen LogP contribution is -2.49. The molecule has 1 aromatic heterocycles. The molecule has 146 valence electrons. The Bertz CT molecular complexity index is 762. The zero-order chi connectivity index (χ0) is 19.4. The van der Waals surface area contributed by atoms with E-state index in [0.29, 0.717) is 35.3 Å². The van der Waals surface area contributed by atoms with E-state index in [4.69, 9.17) is 28.2 Å². The molecule has 0 spiro atoms. The smallest absolute Gasteiger partial charge is 0.247 e. The van der Waals surface area contributed by atoms with Crippen LogP contribution in [0.2, 0.25) is 5.02 Å². The lowest BCUT2D eigenvalue weighted by atomic mass is 9.86. The van der Waals surface area contributed by atoms with Gasteiger partial charge < -0.3 is 14.6 Å². The number of aromatic nitrogens is 2. The second kappa shape index (κ2) is 9.02. The summed E-state index contributed by atoms with van der Waals surface area (Å²) in [6.45, 7) is 7.03. The van der Waals surface area contributed by atoms with Crippen LogP contribution in [0.1, 0.15) is 52.3 Å². The van der Waals surface area contributed by atoms with Crippen molar-refractivity contribution in [1.82, 2.24) is 20.4 Å². The fourth-order valence-corrected chi connectivity index (χ4v) is 3.99. The highest BCUT2D eigenvalue weighted by Gasteiger charge is 2.25. The first-order chi connectivity index (χ1) is 12.9. The number of benzene rings is 1. The molecule has 1 aromatic carbocycles. The molecule has 0 unspecified atom stereocenters. The fourth-order valence-electron chi connectivity index (χ4n) is 3.43. The largest absolute Gasteiger partial charge is 0.419 e. The maximum absolute atomic E-state index is 5.94. The van der Waals surface area contributed by atoms with Crippen molar-refractivity contribution in [1.29, 1.82) is 0 Å². The zero-order valence-corrected chi connectivity index (χ0v) is 17.7. The Kier molecular flexibility index (Phi) is 6.71. The van der Waals surface area contributed by atoms with Crippen molar-refractivity contribution in [2.24, 2.45) is 5.92 Å². The van der Waals surface area contributed by atoms with Gasteiger partial charge in [0, 0.05) is 22.7 Å². The van der Waals surface area contributed by atoms with Crippen molar-refractivity contribution >= 4 is 28.9 Å². The molecule has 1 N–H and O–H groups in total. The van der Waals surface area contributed by atoms with Crippen LogP contribution in [0.25, 0.3) is 11.5 Å². The molecular weight excluding hydrogens is 380 g/mol. The molecule has 2 aromatic rings. The first kappa shape index (κ1) is 20.1. The Morgan fingerprint density at radius 3 is 2.63 bits per heavy atom. The molecule has 1 aliphatic carbocycles. The first-order valence-corrected chi connectivity index (χ1v) is 10.4. The van der Waals surface area contributed by atoms with Gasteiger partial charge in [0.2, 0.25) is 11.8 Å². The third-order valence-corrected chi connectivity index (χ3v) is 5.77. The normalized spacial score (nSPS) is 19.9. The Balaban J connectivity index is 1.67. The molecule has 0 aliphatic heterocycles. The highest BCUT2D eigenvalue weighted by molar-refractivity contribution is 7.80. The molecule has 1 heterocycles. The number of hydrogen-bond donors (Lipinski definition) is 1. The summed E-state index contributed by atoms with van der Waals surface area (Å²) in [6.07, 6.45) is 5.01. The number of hydrogen-bond acceptors (Lipinski definition) is 4. The SMILES string of the molecule is CC(C)N(Cc1nnc(-c2ccc(Cl)cc2)o1)C(=S)N[C@H]1CCCC[C@H]1C. The van der Waals surface area contributed by atoms with Gasteiger partial charge in [-0.2, -0.15) is 0 Å². The summed E-state index contributed by atoms with van der Waals surface area (Å²) in [5.41, 5.74) is 0.853. The van der Waals surface area contributed by atoms with E-state index in [9.17, 15) is 0 Å². The molecule has 1 aliphatic rings. The van der Waals surface area contributed by atoms with Crippen LogP contribution in [0.4, 0.5) is 0 Å². The number of thiocarbonyl (C=S) groups is 1. The third kappa shape index (κ3) is 5.20. The van der Waals surface area contributed by atoms with E-state index in [-0.39, 0.29) is 6.04 Å². The molecule has 2 atom stereocenters. The van der Waals surface area contributed by atoms with Crippen molar-refractivity contribution in [3.05, 3.63) is 35.2 Å². The molecule has 0 radical (unpaired) electrons. The van der Waals surface area contributed by atoms with E-state index in [0.717, 1.165) is 10.7 Å². The molecule has 7 heteroatoms. The Morgan fingerprint density at radius 2 is 1.96 bits per heavy atom. The van der Waals surface area contributed by atoms with Crippen LogP contribution in [0.3, 0.4) is 0 Å². The third-order valence-electron chi connectivity index (χ3n) is 5.17. The van der Waals surface area contributed by atoms with Crippen LogP contribution < -0.4 is 5.32 Å². The Morgan fingerprint density at radius 1 is 1.26 bits per heavy atom. The van der Waals surface area contributed by atoms with Crippen molar-refractivity contribution in [2.75, 3.05) is 0 Å². The molecule has 5 nitrogen and oxygen atoms in total. The van der Waals surface area contributed by atoms with Gasteiger partial charge in [-0.25, -0.2) is 0 Å². The summed E-state index contributed by atoms with van der Waals surface area (Å²) in [4.78, 5) is 2.11. The number of rotatable bonds is 5. The van der Waals surface area contributed by atoms with Crippen molar-refractivity contribution in [2.45, 2.75) is 65.1 Å². The molecule has 1 saturated carbocycles. The van der Waals surface area contributed by atoms with Crippen LogP contribution >= 0.6 is 23.8 Å². The van der Waals surface area contributed by atoms with Crippen molar-refractivity contribution < 1.29 is 4.42 Å². The second-order valence-corrected chi connectivity index (χ2v) is 8.37. The fraction of sp³-hybridized carbons (Fsp3) is 0.550. The number of nitrogens with one attached hydrogen (secondary N) is 1. The standard InChI is InChI=1S/C20H27ClN4OS/c1-13(2)25(20(27)22-17-7-5-4-6-14(17)3)12-18-23-24-19(26-18)15-8-10-16(21)11-9-15/h8-11,13-14,17H,4-7,12H2,1-3H3,(H,22,27)/t14-,17+/m1/s1.